The van der Waals surface area contributed by atoms with Crippen LogP contribution in [0.15, 0.2) is 261 Å². The first-order valence-corrected chi connectivity index (χ1v) is 35.4. The van der Waals surface area contributed by atoms with Crippen molar-refractivity contribution in [1.29, 1.82) is 0 Å². The van der Waals surface area contributed by atoms with E-state index in [1.807, 2.05) is 264 Å². The third-order valence-corrected chi connectivity index (χ3v) is 18.2. The van der Waals surface area contributed by atoms with Crippen LogP contribution in [0.1, 0.15) is 147 Å². The Morgan fingerprint density at radius 3 is 0.865 bits per heavy atom. The maximum absolute atomic E-state index is 8.88. The van der Waals surface area contributed by atoms with E-state index in [1.54, 1.807) is 107 Å². The Morgan fingerprint density at radius 2 is 0.529 bits per heavy atom. The van der Waals surface area contributed by atoms with Gasteiger partial charge in [-0.1, -0.05) is 217 Å². The van der Waals surface area contributed by atoms with Gasteiger partial charge < -0.3 is 0 Å². The molecule has 4 aromatic heterocycles. The highest BCUT2D eigenvalue weighted by Gasteiger charge is 2.24. The average Bonchev–Trinajstić information content (AvgIpc) is 0.738. The minimum Gasteiger partial charge on any atom is -0.201 e. The van der Waals surface area contributed by atoms with E-state index in [4.69, 9.17) is 32.9 Å². The van der Waals surface area contributed by atoms with Gasteiger partial charge in [0, 0.05) is 102 Å². The van der Waals surface area contributed by atoms with Gasteiger partial charge >= 0.3 is 0 Å². The maximum atomic E-state index is 8.88. The Bertz CT molecular complexity index is 6010. The molecule has 0 radical (unpaired) electrons. The number of nitrogens with zero attached hydrogens (tertiary/aromatic N) is 4. The highest BCUT2D eigenvalue weighted by atomic mass is 14.9. The lowest BCUT2D eigenvalue weighted by atomic mass is 9.90. The Morgan fingerprint density at radius 1 is 0.250 bits per heavy atom. The lowest BCUT2D eigenvalue weighted by Gasteiger charge is -2.16. The average molecular weight is 1390 g/mol. The molecule has 0 bridgehead atoms. The molecule has 4 heteroatoms. The van der Waals surface area contributed by atoms with Crippen LogP contribution >= 0.6 is 0 Å². The van der Waals surface area contributed by atoms with Crippen LogP contribution in [-0.4, -0.2) is 0 Å². The largest absolute Gasteiger partial charge is 0.213 e. The van der Waals surface area contributed by atoms with E-state index in [0.717, 1.165) is 78.1 Å². The highest BCUT2D eigenvalue weighted by molar-refractivity contribution is 5.81. The van der Waals surface area contributed by atoms with Crippen LogP contribution in [0.4, 0.5) is 0 Å². The Balaban J connectivity index is 0.000000179. The molecule has 0 N–H and O–H groups in total. The molecule has 13 aromatic rings. The molecular formula is C100H112N4+4. The van der Waals surface area contributed by atoms with E-state index in [-0.39, 0.29) is 39.7 Å². The van der Waals surface area contributed by atoms with Crippen molar-refractivity contribution in [1.82, 2.24) is 0 Å². The first-order chi connectivity index (χ1) is 59.4. The fraction of sp³-hybridized carbons (Fsp3) is 0.260. The SMILES string of the molecule is [2H]C([2H])([2H])c1cc(C)c(-c2cc(-c3ccccc3)c(C([2H])([2H])[2H])c[n+]2C)cc1-c1ccccc1.[2H]C([2H])([2H])c1cc(C)c(-c2cc(C([2H])([2H])C(C)C)c(C([2H])([2H])C(C)C)c[n+]2C)cc1-c1ccccc1.[2H]C([2H])([2H])c1cc(C)c(-c2cc(C([2H])([2H])C(C)C)c(C([2H])([2H])[2H])c[n+]2C)cc1-c1ccccc1.[2H]C([2H])([2H])c1cc(C)c(-c2cccc[n+]2C)cc1-c1ccccc1. The van der Waals surface area contributed by atoms with Crippen molar-refractivity contribution in [2.45, 2.75) is 129 Å². The molecule has 0 aliphatic rings. The van der Waals surface area contributed by atoms with E-state index in [2.05, 4.69) is 0 Å². The van der Waals surface area contributed by atoms with E-state index < -0.39 is 66.1 Å². The zero-order valence-electron chi connectivity index (χ0n) is 86.3. The number of aromatic nitrogens is 4. The fourth-order valence-corrected chi connectivity index (χ4v) is 13.1. The molecule has 9 aromatic carbocycles. The van der Waals surface area contributed by atoms with Gasteiger partial charge in [0.1, 0.15) is 28.2 Å². The van der Waals surface area contributed by atoms with E-state index in [0.29, 0.717) is 67.0 Å². The van der Waals surface area contributed by atoms with Crippen molar-refractivity contribution in [2.75, 3.05) is 0 Å². The Kier molecular flexibility index (Phi) is 16.7. The summed E-state index contributed by atoms with van der Waals surface area (Å²) < 4.78 is 205. The number of aryl methyl sites for hydroxylation is 14. The predicted octanol–water partition coefficient (Wildman–Crippen LogP) is 23.7. The highest BCUT2D eigenvalue weighted by Crippen LogP contribution is 2.37. The zero-order valence-corrected chi connectivity index (χ0v) is 62.3. The minimum atomic E-state index is -2.48. The first kappa shape index (κ1) is 50.1. The standard InChI is InChI=1S/C28H36N.C27H26N.C25H30N.C20H20N/c1-19(2)13-24-16-28(29(7)18-25(24)14-20(3)4)27-17-26(21(5)15-22(27)6)23-11-9-8-10-12-23;1-19-15-20(2)26(16-24(19)22-11-7-5-8-12-22)27-17-25(21(3)18-28(27)4)23-13-9-6-10-14-23;1-17(2)12-22-14-25(26(6)16-20(22)5)24-15-23(18(3)13-19(24)4)21-10-8-7-9-11-21;1-15-13-16(2)19(20-11-7-8-12-21(20)3)14-18(15)17-9-5-4-6-10-17/h8-12,15-20H,13-14H2,1-7H3;5-18H,1-4H3;7-11,13-17H,12H2,1-6H3;4-14H,1-3H3/q4*+1/i5D3,13D2,14D2;1D3,3D3;3D3,5D3,12D2;1D3. The summed E-state index contributed by atoms with van der Waals surface area (Å²) in [7, 11) is 7.36. The first-order valence-electron chi connectivity index (χ1n) is 47.4. The van der Waals surface area contributed by atoms with Crippen LogP contribution in [0.2, 0.25) is 0 Å². The fourth-order valence-electron chi connectivity index (χ4n) is 13.1. The summed E-state index contributed by atoms with van der Waals surface area (Å²) in [5.74, 6) is -1.18. The van der Waals surface area contributed by atoms with Crippen LogP contribution in [0.3, 0.4) is 0 Å². The van der Waals surface area contributed by atoms with Crippen molar-refractivity contribution in [3.05, 3.63) is 334 Å². The summed E-state index contributed by atoms with van der Waals surface area (Å²) in [6.45, 7) is 4.37. The topological polar surface area (TPSA) is 15.5 Å². The zero-order chi connectivity index (χ0) is 94.8. The molecule has 0 amide bonds. The van der Waals surface area contributed by atoms with Gasteiger partial charge in [-0.15, -0.1) is 0 Å². The Hall–Kier alpha value is -10.4. The van der Waals surface area contributed by atoms with Crippen molar-refractivity contribution >= 4 is 0 Å². The number of pyridine rings is 4. The molecule has 13 rings (SSSR count). The Labute approximate surface area is 658 Å². The summed E-state index contributed by atoms with van der Waals surface area (Å²) in [6, 6.07) is 73.0. The second kappa shape index (κ2) is 34.7. The predicted molar refractivity (Wildman–Crippen MR) is 442 cm³/mol. The molecular weight excluding hydrogens is 1260 g/mol. The lowest BCUT2D eigenvalue weighted by Crippen LogP contribution is -2.32. The molecule has 0 spiro atoms. The smallest absolute Gasteiger partial charge is 0.201 e. The van der Waals surface area contributed by atoms with Gasteiger partial charge in [0.25, 0.3) is 0 Å². The number of benzene rings is 9. The van der Waals surface area contributed by atoms with Gasteiger partial charge in [-0.2, -0.15) is 0 Å². The minimum absolute atomic E-state index is 0.0301. The molecule has 0 fully saturated rings. The normalized spacial score (nSPS) is 15.6. The molecule has 528 valence electrons. The molecule has 0 atom stereocenters. The van der Waals surface area contributed by atoms with Crippen LogP contribution < -0.4 is 18.3 Å². The van der Waals surface area contributed by atoms with Crippen LogP contribution in [0.25, 0.3) is 101 Å². The summed E-state index contributed by atoms with van der Waals surface area (Å²) in [4.78, 5) is 0. The molecule has 4 heterocycles. The van der Waals surface area contributed by atoms with Crippen molar-refractivity contribution in [3.63, 3.8) is 0 Å². The van der Waals surface area contributed by atoms with Crippen molar-refractivity contribution in [3.8, 4) is 101 Å². The van der Waals surface area contributed by atoms with Crippen molar-refractivity contribution in [2.24, 2.45) is 45.9 Å². The molecule has 0 saturated heterocycles. The summed E-state index contributed by atoms with van der Waals surface area (Å²) in [5.41, 5.74) is 19.3. The second-order valence-electron chi connectivity index (χ2n) is 27.6. The molecule has 104 heavy (non-hydrogen) atoms. The van der Waals surface area contributed by atoms with E-state index >= 15 is 0 Å². The third-order valence-electron chi connectivity index (χ3n) is 18.2. The molecule has 0 unspecified atom stereocenters. The van der Waals surface area contributed by atoms with Crippen LogP contribution in [0.5, 0.6) is 0 Å². The number of hydrogen-bond donors (Lipinski definition) is 0. The van der Waals surface area contributed by atoms with Gasteiger partial charge in [0.2, 0.25) is 22.8 Å². The molecule has 0 aliphatic carbocycles. The van der Waals surface area contributed by atoms with Gasteiger partial charge in [-0.05, 0) is 247 Å². The van der Waals surface area contributed by atoms with Crippen molar-refractivity contribution < 1.29 is 51.2 Å². The third kappa shape index (κ3) is 18.7. The lowest BCUT2D eigenvalue weighted by molar-refractivity contribution is -0.661. The van der Waals surface area contributed by atoms with Gasteiger partial charge in [0.05, 0.1) is 0 Å². The maximum Gasteiger partial charge on any atom is 0.213 e. The van der Waals surface area contributed by atoms with Gasteiger partial charge in [-0.25, -0.2) is 18.3 Å². The monoisotopic (exact) mass is 1390 g/mol. The summed E-state index contributed by atoms with van der Waals surface area (Å²) in [5, 5.41) is 0. The van der Waals surface area contributed by atoms with Gasteiger partial charge in [0.15, 0.2) is 24.8 Å². The molecule has 0 aliphatic heterocycles. The summed E-state index contributed by atoms with van der Waals surface area (Å²) in [6.07, 6.45) is 1.44. The molecule has 0 saturated carbocycles. The van der Waals surface area contributed by atoms with E-state index in [9.17, 15) is 0 Å². The molecule has 4 nitrogen and oxygen atoms in total. The van der Waals surface area contributed by atoms with Gasteiger partial charge in [-0.3, -0.25) is 0 Å². The van der Waals surface area contributed by atoms with Crippen LogP contribution in [-0.2, 0) is 47.3 Å². The number of hydrogen-bond acceptors (Lipinski definition) is 0. The second-order valence-corrected chi connectivity index (χ2v) is 27.6. The van der Waals surface area contributed by atoms with E-state index in [1.165, 1.54) is 6.20 Å². The quantitative estimate of drug-likeness (QED) is 0.0909. The summed E-state index contributed by atoms with van der Waals surface area (Å²) >= 11 is 0. The number of rotatable bonds is 15. The van der Waals surface area contributed by atoms with Crippen LogP contribution in [0, 0.1) is 86.6 Å².